The lowest BCUT2D eigenvalue weighted by Gasteiger charge is -2.30. The largest absolute Gasteiger partial charge is 0.326 e. The van der Waals surface area contributed by atoms with Gasteiger partial charge in [0.25, 0.3) is 0 Å². The van der Waals surface area contributed by atoms with Crippen molar-refractivity contribution in [2.75, 3.05) is 25.0 Å². The molecule has 0 bridgehead atoms. The van der Waals surface area contributed by atoms with E-state index in [1.54, 1.807) is 0 Å². The van der Waals surface area contributed by atoms with Crippen LogP contribution in [0.1, 0.15) is 12.8 Å². The van der Waals surface area contributed by atoms with Crippen LogP contribution < -0.4 is 5.32 Å². The van der Waals surface area contributed by atoms with Crippen LogP contribution in [0.5, 0.6) is 0 Å². The number of anilines is 1. The minimum Gasteiger partial charge on any atom is -0.326 e. The van der Waals surface area contributed by atoms with E-state index >= 15 is 0 Å². The highest BCUT2D eigenvalue weighted by molar-refractivity contribution is 6.29. The van der Waals surface area contributed by atoms with Crippen molar-refractivity contribution in [1.82, 2.24) is 4.90 Å². The van der Waals surface area contributed by atoms with E-state index in [2.05, 4.69) is 16.8 Å². The summed E-state index contributed by atoms with van der Waals surface area (Å²) in [6.07, 6.45) is 1.76. The number of nitrogens with one attached hydrogen (secondary N) is 1. The summed E-state index contributed by atoms with van der Waals surface area (Å²) in [6, 6.07) is 9.59. The molecule has 1 aliphatic heterocycles. The number of hydrogen-bond acceptors (Lipinski definition) is 2. The first-order valence-corrected chi connectivity index (χ1v) is 6.94. The molecule has 0 spiro atoms. The van der Waals surface area contributed by atoms with Crippen molar-refractivity contribution in [2.24, 2.45) is 5.92 Å². The Morgan fingerprint density at radius 1 is 1.32 bits per heavy atom. The van der Waals surface area contributed by atoms with Crippen molar-refractivity contribution in [3.05, 3.63) is 41.9 Å². The molecule has 1 fully saturated rings. The maximum absolute atomic E-state index is 12.1. The molecular formula is C15H19ClN2O. The van der Waals surface area contributed by atoms with Crippen LogP contribution in [-0.4, -0.2) is 30.4 Å². The number of amides is 1. The van der Waals surface area contributed by atoms with Crippen molar-refractivity contribution >= 4 is 23.2 Å². The number of hydrogen-bond donors (Lipinski definition) is 1. The zero-order valence-electron chi connectivity index (χ0n) is 10.9. The number of para-hydroxylation sites is 1. The average molecular weight is 279 g/mol. The number of carbonyl (C=O) groups is 1. The summed E-state index contributed by atoms with van der Waals surface area (Å²) < 4.78 is 0. The summed E-state index contributed by atoms with van der Waals surface area (Å²) in [5.41, 5.74) is 0.865. The first kappa shape index (κ1) is 14.1. The predicted molar refractivity (Wildman–Crippen MR) is 79.2 cm³/mol. The Morgan fingerprint density at radius 3 is 2.53 bits per heavy atom. The highest BCUT2D eigenvalue weighted by Gasteiger charge is 2.24. The zero-order valence-corrected chi connectivity index (χ0v) is 11.7. The molecule has 2 rings (SSSR count). The minimum atomic E-state index is 0.0973. The molecule has 3 nitrogen and oxygen atoms in total. The maximum atomic E-state index is 12.1. The third-order valence-corrected chi connectivity index (χ3v) is 3.51. The molecule has 0 radical (unpaired) electrons. The second-order valence-electron chi connectivity index (χ2n) is 4.92. The summed E-state index contributed by atoms with van der Waals surface area (Å²) >= 11 is 5.80. The van der Waals surface area contributed by atoms with Crippen molar-refractivity contribution < 1.29 is 4.79 Å². The van der Waals surface area contributed by atoms with Crippen LogP contribution in [0.3, 0.4) is 0 Å². The van der Waals surface area contributed by atoms with Crippen LogP contribution in [0, 0.1) is 5.92 Å². The van der Waals surface area contributed by atoms with Gasteiger partial charge in [0.15, 0.2) is 0 Å². The van der Waals surface area contributed by atoms with E-state index < -0.39 is 0 Å². The van der Waals surface area contributed by atoms with Crippen LogP contribution in [0.2, 0.25) is 0 Å². The van der Waals surface area contributed by atoms with Gasteiger partial charge in [-0.3, -0.25) is 9.69 Å². The third-order valence-electron chi connectivity index (χ3n) is 3.39. The van der Waals surface area contributed by atoms with E-state index in [9.17, 15) is 4.79 Å². The van der Waals surface area contributed by atoms with Crippen LogP contribution >= 0.6 is 11.6 Å². The first-order valence-electron chi connectivity index (χ1n) is 6.56. The number of nitrogens with zero attached hydrogens (tertiary/aromatic N) is 1. The SMILES string of the molecule is C=C(Cl)CN1CCC(C(=O)Nc2ccccc2)CC1. The quantitative estimate of drug-likeness (QED) is 0.918. The fraction of sp³-hybridized carbons (Fsp3) is 0.400. The Morgan fingerprint density at radius 2 is 1.95 bits per heavy atom. The summed E-state index contributed by atoms with van der Waals surface area (Å²) in [4.78, 5) is 14.4. The lowest BCUT2D eigenvalue weighted by molar-refractivity contribution is -0.121. The van der Waals surface area contributed by atoms with Gasteiger partial charge in [0.1, 0.15) is 0 Å². The fourth-order valence-corrected chi connectivity index (χ4v) is 2.53. The molecule has 1 amide bonds. The van der Waals surface area contributed by atoms with E-state index in [0.29, 0.717) is 11.6 Å². The monoisotopic (exact) mass is 278 g/mol. The Bertz CT molecular complexity index is 439. The fourth-order valence-electron chi connectivity index (χ4n) is 2.36. The highest BCUT2D eigenvalue weighted by atomic mass is 35.5. The molecule has 1 N–H and O–H groups in total. The number of rotatable bonds is 4. The number of piperidine rings is 1. The van der Waals surface area contributed by atoms with E-state index in [-0.39, 0.29) is 11.8 Å². The summed E-state index contributed by atoms with van der Waals surface area (Å²) in [6.45, 7) is 6.22. The number of likely N-dealkylation sites (tertiary alicyclic amines) is 1. The van der Waals surface area contributed by atoms with Crippen molar-refractivity contribution in [3.8, 4) is 0 Å². The Kier molecular flexibility index (Phi) is 5.00. The molecule has 1 saturated heterocycles. The molecule has 102 valence electrons. The van der Waals surface area contributed by atoms with Gasteiger partial charge in [0.05, 0.1) is 0 Å². The zero-order chi connectivity index (χ0) is 13.7. The van der Waals surface area contributed by atoms with Crippen LogP contribution in [-0.2, 0) is 4.79 Å². The van der Waals surface area contributed by atoms with Gasteiger partial charge in [-0.1, -0.05) is 36.4 Å². The van der Waals surface area contributed by atoms with Gasteiger partial charge in [-0.05, 0) is 38.1 Å². The lowest BCUT2D eigenvalue weighted by Crippen LogP contribution is -2.38. The molecule has 1 aliphatic rings. The molecule has 0 unspecified atom stereocenters. The molecule has 0 atom stereocenters. The summed E-state index contributed by atoms with van der Waals surface area (Å²) in [5, 5.41) is 3.63. The van der Waals surface area contributed by atoms with Crippen LogP contribution in [0.25, 0.3) is 0 Å². The van der Waals surface area contributed by atoms with Gasteiger partial charge in [-0.15, -0.1) is 0 Å². The highest BCUT2D eigenvalue weighted by Crippen LogP contribution is 2.20. The van der Waals surface area contributed by atoms with Gasteiger partial charge < -0.3 is 5.32 Å². The molecule has 19 heavy (non-hydrogen) atoms. The standard InChI is InChI=1S/C15H19ClN2O/c1-12(16)11-18-9-7-13(8-10-18)15(19)17-14-5-3-2-4-6-14/h2-6,13H,1,7-11H2,(H,17,19). The minimum absolute atomic E-state index is 0.0973. The summed E-state index contributed by atoms with van der Waals surface area (Å²) in [5.74, 6) is 0.218. The second-order valence-corrected chi connectivity index (χ2v) is 5.46. The van der Waals surface area contributed by atoms with Crippen LogP contribution in [0.15, 0.2) is 41.9 Å². The van der Waals surface area contributed by atoms with E-state index in [1.807, 2.05) is 30.3 Å². The number of benzene rings is 1. The van der Waals surface area contributed by atoms with E-state index in [0.717, 1.165) is 31.6 Å². The average Bonchev–Trinajstić information content (AvgIpc) is 2.40. The second kappa shape index (κ2) is 6.73. The molecular weight excluding hydrogens is 260 g/mol. The molecule has 1 aromatic rings. The van der Waals surface area contributed by atoms with Gasteiger partial charge in [-0.25, -0.2) is 0 Å². The van der Waals surface area contributed by atoms with Crippen molar-refractivity contribution in [1.29, 1.82) is 0 Å². The third kappa shape index (κ3) is 4.37. The molecule has 0 aliphatic carbocycles. The van der Waals surface area contributed by atoms with Gasteiger partial charge in [0.2, 0.25) is 5.91 Å². The predicted octanol–water partition coefficient (Wildman–Crippen LogP) is 3.09. The molecule has 1 heterocycles. The molecule has 0 saturated carbocycles. The molecule has 0 aromatic heterocycles. The van der Waals surface area contributed by atoms with E-state index in [1.165, 1.54) is 0 Å². The van der Waals surface area contributed by atoms with Gasteiger partial charge in [0, 0.05) is 23.2 Å². The summed E-state index contributed by atoms with van der Waals surface area (Å²) in [7, 11) is 0. The van der Waals surface area contributed by atoms with Gasteiger partial charge in [-0.2, -0.15) is 0 Å². The Balaban J connectivity index is 1.81. The Hall–Kier alpha value is -1.32. The molecule has 1 aromatic carbocycles. The first-order chi connectivity index (χ1) is 9.15. The normalized spacial score (nSPS) is 17.1. The maximum Gasteiger partial charge on any atom is 0.227 e. The topological polar surface area (TPSA) is 32.3 Å². The van der Waals surface area contributed by atoms with E-state index in [4.69, 9.17) is 11.6 Å². The molecule has 4 heteroatoms. The van der Waals surface area contributed by atoms with Gasteiger partial charge >= 0.3 is 0 Å². The van der Waals surface area contributed by atoms with Crippen molar-refractivity contribution in [3.63, 3.8) is 0 Å². The Labute approximate surface area is 119 Å². The smallest absolute Gasteiger partial charge is 0.227 e. The number of carbonyl (C=O) groups excluding carboxylic acids is 1. The van der Waals surface area contributed by atoms with Crippen LogP contribution in [0.4, 0.5) is 5.69 Å². The van der Waals surface area contributed by atoms with Crippen molar-refractivity contribution in [2.45, 2.75) is 12.8 Å². The lowest BCUT2D eigenvalue weighted by atomic mass is 9.96. The number of halogens is 1.